The highest BCUT2D eigenvalue weighted by molar-refractivity contribution is 7.91. The highest BCUT2D eigenvalue weighted by Gasteiger charge is 2.21. The molecule has 17 heavy (non-hydrogen) atoms. The van der Waals surface area contributed by atoms with Crippen molar-refractivity contribution >= 4 is 37.8 Å². The zero-order valence-corrected chi connectivity index (χ0v) is 11.3. The Morgan fingerprint density at radius 1 is 1.53 bits per heavy atom. The molecular formula is C8H10N4O2S3. The molecular weight excluding hydrogens is 280 g/mol. The van der Waals surface area contributed by atoms with Crippen LogP contribution < -0.4 is 10.5 Å². The van der Waals surface area contributed by atoms with Gasteiger partial charge < -0.3 is 5.73 Å². The van der Waals surface area contributed by atoms with Crippen LogP contribution in [0.5, 0.6) is 0 Å². The van der Waals surface area contributed by atoms with Crippen LogP contribution in [0.15, 0.2) is 15.8 Å². The summed E-state index contributed by atoms with van der Waals surface area (Å²) in [6.45, 7) is 1.79. The Kier molecular flexibility index (Phi) is 3.43. The molecule has 2 aromatic rings. The van der Waals surface area contributed by atoms with Gasteiger partial charge in [0, 0.05) is 11.6 Å². The molecule has 2 aromatic heterocycles. The van der Waals surface area contributed by atoms with Crippen molar-refractivity contribution in [1.29, 1.82) is 0 Å². The number of sulfonamides is 1. The summed E-state index contributed by atoms with van der Waals surface area (Å²) >= 11 is 2.35. The Labute approximate surface area is 107 Å². The lowest BCUT2D eigenvalue weighted by atomic mass is 10.6. The first-order valence-corrected chi connectivity index (χ1v) is 7.78. The van der Waals surface area contributed by atoms with Gasteiger partial charge in [-0.2, -0.15) is 0 Å². The van der Waals surface area contributed by atoms with Crippen molar-refractivity contribution in [3.8, 4) is 0 Å². The number of rotatable bonds is 4. The largest absolute Gasteiger partial charge is 0.375 e. The predicted octanol–water partition coefficient (Wildman–Crippen LogP) is 0.969. The number of nitrogens with two attached hydrogens (primary N) is 1. The molecule has 92 valence electrons. The van der Waals surface area contributed by atoms with Crippen LogP contribution in [0.4, 0.5) is 5.13 Å². The standard InChI is InChI=1S/C8H10N4O2S3/c1-5-7(16-8(9)12-5)17(13,14)11-4-6-10-2-3-15-6/h2-3,11H,4H2,1H3,(H2,9,12). The van der Waals surface area contributed by atoms with E-state index >= 15 is 0 Å². The Balaban J connectivity index is 2.17. The molecule has 0 fully saturated rings. The third-order valence-electron chi connectivity index (χ3n) is 1.91. The van der Waals surface area contributed by atoms with E-state index < -0.39 is 10.0 Å². The van der Waals surface area contributed by atoms with Gasteiger partial charge in [0.25, 0.3) is 10.0 Å². The molecule has 0 bridgehead atoms. The quantitative estimate of drug-likeness (QED) is 0.874. The van der Waals surface area contributed by atoms with Crippen molar-refractivity contribution in [2.24, 2.45) is 0 Å². The summed E-state index contributed by atoms with van der Waals surface area (Å²) in [5, 5.41) is 2.75. The summed E-state index contributed by atoms with van der Waals surface area (Å²) in [5.41, 5.74) is 5.89. The first-order valence-electron chi connectivity index (χ1n) is 4.60. The maximum atomic E-state index is 11.9. The Morgan fingerprint density at radius 3 is 2.82 bits per heavy atom. The van der Waals surface area contributed by atoms with E-state index in [0.717, 1.165) is 11.3 Å². The van der Waals surface area contributed by atoms with Crippen LogP contribution in [0.3, 0.4) is 0 Å². The zero-order chi connectivity index (χ0) is 12.5. The maximum Gasteiger partial charge on any atom is 0.252 e. The molecule has 0 amide bonds. The van der Waals surface area contributed by atoms with E-state index in [-0.39, 0.29) is 15.9 Å². The Hall–Kier alpha value is -1.03. The molecule has 0 saturated heterocycles. The number of nitrogens with zero attached hydrogens (tertiary/aromatic N) is 2. The van der Waals surface area contributed by atoms with Crippen LogP contribution in [0.1, 0.15) is 10.7 Å². The molecule has 0 aliphatic heterocycles. The fraction of sp³-hybridized carbons (Fsp3) is 0.250. The maximum absolute atomic E-state index is 11.9. The molecule has 0 aromatic carbocycles. The summed E-state index contributed by atoms with van der Waals surface area (Å²) in [6.07, 6.45) is 1.63. The topological polar surface area (TPSA) is 98.0 Å². The lowest BCUT2D eigenvalue weighted by molar-refractivity contribution is 0.582. The molecule has 2 rings (SSSR count). The van der Waals surface area contributed by atoms with Gasteiger partial charge in [0.05, 0.1) is 12.2 Å². The number of aromatic nitrogens is 2. The van der Waals surface area contributed by atoms with E-state index in [1.54, 1.807) is 18.5 Å². The SMILES string of the molecule is Cc1nc(N)sc1S(=O)(=O)NCc1nccs1. The highest BCUT2D eigenvalue weighted by Crippen LogP contribution is 2.24. The molecule has 0 unspecified atom stereocenters. The second-order valence-electron chi connectivity index (χ2n) is 3.18. The van der Waals surface area contributed by atoms with Gasteiger partial charge in [-0.05, 0) is 6.92 Å². The third kappa shape index (κ3) is 2.80. The van der Waals surface area contributed by atoms with Crippen molar-refractivity contribution in [1.82, 2.24) is 14.7 Å². The normalized spacial score (nSPS) is 11.8. The summed E-state index contributed by atoms with van der Waals surface area (Å²) in [4.78, 5) is 7.88. The zero-order valence-electron chi connectivity index (χ0n) is 8.87. The van der Waals surface area contributed by atoms with Crippen LogP contribution in [-0.2, 0) is 16.6 Å². The average Bonchev–Trinajstić information content (AvgIpc) is 2.85. The van der Waals surface area contributed by atoms with Gasteiger partial charge in [-0.25, -0.2) is 23.1 Å². The van der Waals surface area contributed by atoms with Gasteiger partial charge in [-0.3, -0.25) is 0 Å². The van der Waals surface area contributed by atoms with Crippen LogP contribution in [0.2, 0.25) is 0 Å². The van der Waals surface area contributed by atoms with Crippen molar-refractivity contribution in [2.45, 2.75) is 17.7 Å². The van der Waals surface area contributed by atoms with Crippen LogP contribution in [0, 0.1) is 6.92 Å². The number of nitrogens with one attached hydrogen (secondary N) is 1. The number of thiazole rings is 2. The summed E-state index contributed by atoms with van der Waals surface area (Å²) in [5.74, 6) is 0. The smallest absolute Gasteiger partial charge is 0.252 e. The average molecular weight is 290 g/mol. The van der Waals surface area contributed by atoms with Crippen molar-refractivity contribution in [3.05, 3.63) is 22.3 Å². The first-order chi connectivity index (χ1) is 7.99. The molecule has 0 atom stereocenters. The van der Waals surface area contributed by atoms with Gasteiger partial charge in [-0.1, -0.05) is 11.3 Å². The highest BCUT2D eigenvalue weighted by atomic mass is 32.2. The minimum Gasteiger partial charge on any atom is -0.375 e. The van der Waals surface area contributed by atoms with Gasteiger partial charge in [0.1, 0.15) is 5.01 Å². The lowest BCUT2D eigenvalue weighted by Crippen LogP contribution is -2.22. The second-order valence-corrected chi connectivity index (χ2v) is 7.15. The molecule has 2 heterocycles. The van der Waals surface area contributed by atoms with E-state index in [4.69, 9.17) is 5.73 Å². The molecule has 0 aliphatic rings. The van der Waals surface area contributed by atoms with E-state index in [1.807, 2.05) is 0 Å². The van der Waals surface area contributed by atoms with Crippen LogP contribution in [-0.4, -0.2) is 18.4 Å². The minimum atomic E-state index is -3.55. The van der Waals surface area contributed by atoms with Crippen LogP contribution in [0.25, 0.3) is 0 Å². The molecule has 3 N–H and O–H groups in total. The minimum absolute atomic E-state index is 0.159. The summed E-state index contributed by atoms with van der Waals surface area (Å²) in [7, 11) is -3.55. The molecule has 0 saturated carbocycles. The van der Waals surface area contributed by atoms with E-state index in [1.165, 1.54) is 11.3 Å². The molecule has 0 spiro atoms. The number of hydrogen-bond donors (Lipinski definition) is 2. The summed E-state index contributed by atoms with van der Waals surface area (Å²) < 4.78 is 26.5. The fourth-order valence-corrected chi connectivity index (χ4v) is 4.19. The van der Waals surface area contributed by atoms with Crippen molar-refractivity contribution < 1.29 is 8.42 Å². The molecule has 0 radical (unpaired) electrons. The third-order valence-corrected chi connectivity index (χ3v) is 5.69. The van der Waals surface area contributed by atoms with Gasteiger partial charge >= 0.3 is 0 Å². The molecule has 9 heteroatoms. The van der Waals surface area contributed by atoms with Crippen LogP contribution >= 0.6 is 22.7 Å². The van der Waals surface area contributed by atoms with Crippen molar-refractivity contribution in [3.63, 3.8) is 0 Å². The van der Waals surface area contributed by atoms with E-state index in [0.29, 0.717) is 10.7 Å². The van der Waals surface area contributed by atoms with Gasteiger partial charge in [-0.15, -0.1) is 11.3 Å². The van der Waals surface area contributed by atoms with Gasteiger partial charge in [0.15, 0.2) is 9.34 Å². The molecule has 6 nitrogen and oxygen atoms in total. The van der Waals surface area contributed by atoms with E-state index in [2.05, 4.69) is 14.7 Å². The van der Waals surface area contributed by atoms with Gasteiger partial charge in [0.2, 0.25) is 0 Å². The number of aryl methyl sites for hydroxylation is 1. The lowest BCUT2D eigenvalue weighted by Gasteiger charge is -2.02. The van der Waals surface area contributed by atoms with Crippen molar-refractivity contribution in [2.75, 3.05) is 5.73 Å². The number of nitrogen functional groups attached to an aromatic ring is 1. The Bertz CT molecular complexity index is 603. The Morgan fingerprint density at radius 2 is 2.29 bits per heavy atom. The van der Waals surface area contributed by atoms with E-state index in [9.17, 15) is 8.42 Å². The summed E-state index contributed by atoms with van der Waals surface area (Å²) in [6, 6.07) is 0. The fourth-order valence-electron chi connectivity index (χ4n) is 1.21. The number of anilines is 1. The predicted molar refractivity (Wildman–Crippen MR) is 67.4 cm³/mol. The molecule has 0 aliphatic carbocycles. The second kappa shape index (κ2) is 4.69. The monoisotopic (exact) mass is 290 g/mol. The number of hydrogen-bond acceptors (Lipinski definition) is 7. The first kappa shape index (κ1) is 12.4.